The van der Waals surface area contributed by atoms with Gasteiger partial charge in [0.2, 0.25) is 5.88 Å². The number of nitrogens with zero attached hydrogens (tertiary/aromatic N) is 1. The van der Waals surface area contributed by atoms with E-state index in [0.29, 0.717) is 5.69 Å². The smallest absolute Gasteiger partial charge is 0.328 e. The molecule has 0 saturated carbocycles. The quantitative estimate of drug-likeness (QED) is 0.426. The predicted molar refractivity (Wildman–Crippen MR) is 79.4 cm³/mol. The minimum atomic E-state index is -0.919. The van der Waals surface area contributed by atoms with Crippen molar-refractivity contribution in [1.82, 2.24) is 15.4 Å². The Kier molecular flexibility index (Phi) is 3.30. The van der Waals surface area contributed by atoms with Gasteiger partial charge in [0.15, 0.2) is 0 Å². The number of H-pyrrole nitrogens is 2. The topological polar surface area (TPSA) is 135 Å². The maximum Gasteiger partial charge on any atom is 0.328 e. The molecule has 0 spiro atoms. The van der Waals surface area contributed by atoms with Crippen LogP contribution in [0, 0.1) is 0 Å². The van der Waals surface area contributed by atoms with Crippen LogP contribution in [0.15, 0.2) is 45.5 Å². The van der Waals surface area contributed by atoms with E-state index in [4.69, 9.17) is 0 Å². The van der Waals surface area contributed by atoms with Crippen molar-refractivity contribution in [3.63, 3.8) is 0 Å². The lowest BCUT2D eigenvalue weighted by atomic mass is 10.1. The number of anilines is 1. The van der Waals surface area contributed by atoms with Gasteiger partial charge in [-0.25, -0.2) is 9.80 Å². The molecular formula is C14H10N4O5. The molecule has 0 aliphatic carbocycles. The first-order valence-corrected chi connectivity index (χ1v) is 6.45. The van der Waals surface area contributed by atoms with Crippen LogP contribution in [0.25, 0.3) is 6.08 Å². The largest absolute Gasteiger partial charge is 0.494 e. The Hall–Kier alpha value is -3.62. The monoisotopic (exact) mass is 314 g/mol. The number of carbonyl (C=O) groups excluding carboxylic acids is 2. The van der Waals surface area contributed by atoms with Crippen LogP contribution in [0.5, 0.6) is 5.88 Å². The number of amides is 2. The van der Waals surface area contributed by atoms with Crippen LogP contribution in [0.3, 0.4) is 0 Å². The van der Waals surface area contributed by atoms with Crippen LogP contribution < -0.4 is 21.7 Å². The minimum absolute atomic E-state index is 0.346. The first-order valence-electron chi connectivity index (χ1n) is 6.45. The van der Waals surface area contributed by atoms with Gasteiger partial charge in [0.1, 0.15) is 11.1 Å². The zero-order chi connectivity index (χ0) is 16.6. The molecule has 2 amide bonds. The Morgan fingerprint density at radius 2 is 1.70 bits per heavy atom. The SMILES string of the molecule is O=C1NN(c2ccccc2)C(=O)C1=Cc1c(O)[nH]c(=O)[nH]c1=O. The van der Waals surface area contributed by atoms with E-state index < -0.39 is 34.5 Å². The van der Waals surface area contributed by atoms with Crippen LogP contribution in [0.1, 0.15) is 5.56 Å². The molecule has 4 N–H and O–H groups in total. The zero-order valence-corrected chi connectivity index (χ0v) is 11.5. The summed E-state index contributed by atoms with van der Waals surface area (Å²) in [5.74, 6) is -2.15. The van der Waals surface area contributed by atoms with E-state index in [2.05, 4.69) is 5.43 Å². The van der Waals surface area contributed by atoms with E-state index in [1.807, 2.05) is 9.97 Å². The van der Waals surface area contributed by atoms with Crippen molar-refractivity contribution in [3.8, 4) is 5.88 Å². The highest BCUT2D eigenvalue weighted by Gasteiger charge is 2.34. The summed E-state index contributed by atoms with van der Waals surface area (Å²) < 4.78 is 0. The molecule has 1 aliphatic rings. The summed E-state index contributed by atoms with van der Waals surface area (Å²) >= 11 is 0. The van der Waals surface area contributed by atoms with Crippen molar-refractivity contribution in [3.05, 3.63) is 62.3 Å². The second-order valence-corrected chi connectivity index (χ2v) is 4.65. The standard InChI is InChI=1S/C14H10N4O5/c19-10-8(11(20)16-14(23)15-10)6-9-12(21)17-18(13(9)22)7-4-2-1-3-5-7/h1-6H,(H,17,21)(H3,15,16,19,20,23). The number of aromatic hydroxyl groups is 1. The highest BCUT2D eigenvalue weighted by atomic mass is 16.3. The highest BCUT2D eigenvalue weighted by Crippen LogP contribution is 2.21. The number of benzene rings is 1. The summed E-state index contributed by atoms with van der Waals surface area (Å²) in [6, 6.07) is 8.36. The number of hydrogen-bond donors (Lipinski definition) is 4. The molecule has 2 heterocycles. The Balaban J connectivity index is 2.05. The molecule has 116 valence electrons. The zero-order valence-electron chi connectivity index (χ0n) is 11.5. The third kappa shape index (κ3) is 2.50. The summed E-state index contributed by atoms with van der Waals surface area (Å²) in [5, 5.41) is 10.6. The van der Waals surface area contributed by atoms with E-state index in [-0.39, 0.29) is 5.57 Å². The molecule has 1 saturated heterocycles. The number of aromatic amines is 2. The van der Waals surface area contributed by atoms with E-state index in [1.54, 1.807) is 30.3 Å². The lowest BCUT2D eigenvalue weighted by Crippen LogP contribution is -2.35. The lowest BCUT2D eigenvalue weighted by Gasteiger charge is -2.13. The fourth-order valence-corrected chi connectivity index (χ4v) is 2.08. The highest BCUT2D eigenvalue weighted by molar-refractivity contribution is 6.31. The second-order valence-electron chi connectivity index (χ2n) is 4.65. The Labute approximate surface area is 127 Å². The minimum Gasteiger partial charge on any atom is -0.494 e. The average Bonchev–Trinajstić information content (AvgIpc) is 2.79. The first kappa shape index (κ1) is 14.3. The van der Waals surface area contributed by atoms with Crippen LogP contribution in [0.2, 0.25) is 0 Å². The maximum atomic E-state index is 12.3. The first-order chi connectivity index (χ1) is 11.0. The van der Waals surface area contributed by atoms with Gasteiger partial charge in [-0.05, 0) is 18.2 Å². The van der Waals surface area contributed by atoms with Crippen molar-refractivity contribution in [1.29, 1.82) is 0 Å². The molecule has 1 fully saturated rings. The molecule has 9 nitrogen and oxygen atoms in total. The molecule has 23 heavy (non-hydrogen) atoms. The molecule has 9 heteroatoms. The molecule has 0 unspecified atom stereocenters. The van der Waals surface area contributed by atoms with Gasteiger partial charge < -0.3 is 5.11 Å². The molecule has 0 atom stereocenters. The normalized spacial score (nSPS) is 16.0. The van der Waals surface area contributed by atoms with Crippen molar-refractivity contribution >= 4 is 23.6 Å². The average molecular weight is 314 g/mol. The molecule has 0 radical (unpaired) electrons. The number of nitrogens with one attached hydrogen (secondary N) is 3. The van der Waals surface area contributed by atoms with Crippen LogP contribution in [-0.2, 0) is 9.59 Å². The Morgan fingerprint density at radius 3 is 2.35 bits per heavy atom. The van der Waals surface area contributed by atoms with Crippen LogP contribution in [0.4, 0.5) is 5.69 Å². The van der Waals surface area contributed by atoms with Gasteiger partial charge >= 0.3 is 5.69 Å². The number of hydrazine groups is 1. The summed E-state index contributed by atoms with van der Waals surface area (Å²) in [5.41, 5.74) is 0.235. The van der Waals surface area contributed by atoms with Crippen molar-refractivity contribution in [2.24, 2.45) is 0 Å². The molecule has 1 aromatic carbocycles. The molecule has 3 rings (SSSR count). The van der Waals surface area contributed by atoms with Crippen molar-refractivity contribution < 1.29 is 14.7 Å². The van der Waals surface area contributed by atoms with Crippen molar-refractivity contribution in [2.45, 2.75) is 0 Å². The number of aromatic nitrogens is 2. The third-order valence-corrected chi connectivity index (χ3v) is 3.15. The van der Waals surface area contributed by atoms with Gasteiger partial charge in [-0.3, -0.25) is 29.8 Å². The predicted octanol–water partition coefficient (Wildman–Crippen LogP) is -0.770. The van der Waals surface area contributed by atoms with Gasteiger partial charge in [-0.15, -0.1) is 0 Å². The van der Waals surface area contributed by atoms with E-state index >= 15 is 0 Å². The number of para-hydroxylation sites is 1. The van der Waals surface area contributed by atoms with E-state index in [9.17, 15) is 24.3 Å². The lowest BCUT2D eigenvalue weighted by molar-refractivity contribution is -0.117. The van der Waals surface area contributed by atoms with Crippen molar-refractivity contribution in [2.75, 3.05) is 5.01 Å². The second kappa shape index (κ2) is 5.30. The molecule has 2 aromatic rings. The number of rotatable bonds is 2. The summed E-state index contributed by atoms with van der Waals surface area (Å²) in [4.78, 5) is 50.8. The molecule has 0 bridgehead atoms. The summed E-state index contributed by atoms with van der Waals surface area (Å²) in [7, 11) is 0. The Bertz CT molecular complexity index is 942. The van der Waals surface area contributed by atoms with E-state index in [0.717, 1.165) is 11.1 Å². The van der Waals surface area contributed by atoms with E-state index in [1.165, 1.54) is 0 Å². The van der Waals surface area contributed by atoms with Gasteiger partial charge in [0.25, 0.3) is 17.4 Å². The van der Waals surface area contributed by atoms with Gasteiger partial charge in [-0.1, -0.05) is 18.2 Å². The van der Waals surface area contributed by atoms with Gasteiger partial charge in [-0.2, -0.15) is 0 Å². The Morgan fingerprint density at radius 1 is 1.00 bits per heavy atom. The van der Waals surface area contributed by atoms with Crippen LogP contribution in [-0.4, -0.2) is 26.9 Å². The maximum absolute atomic E-state index is 12.3. The van der Waals surface area contributed by atoms with Gasteiger partial charge in [0.05, 0.1) is 5.69 Å². The van der Waals surface area contributed by atoms with Gasteiger partial charge in [0, 0.05) is 0 Å². The summed E-state index contributed by atoms with van der Waals surface area (Å²) in [6.45, 7) is 0. The fraction of sp³-hybridized carbons (Fsp3) is 0. The molecule has 1 aromatic heterocycles. The number of hydrogen-bond acceptors (Lipinski definition) is 5. The molecular weight excluding hydrogens is 304 g/mol. The van der Waals surface area contributed by atoms with Crippen LogP contribution >= 0.6 is 0 Å². The molecule has 1 aliphatic heterocycles. The number of carbonyl (C=O) groups is 2. The third-order valence-electron chi connectivity index (χ3n) is 3.15. The summed E-state index contributed by atoms with van der Waals surface area (Å²) in [6.07, 6.45) is 0.921. The fourth-order valence-electron chi connectivity index (χ4n) is 2.08.